The molecule has 1 aromatic heterocycles. The lowest BCUT2D eigenvalue weighted by molar-refractivity contribution is 0.102. The predicted molar refractivity (Wildman–Crippen MR) is 72.3 cm³/mol. The number of aryl methyl sites for hydroxylation is 1. The van der Waals surface area contributed by atoms with Crippen molar-refractivity contribution in [1.29, 1.82) is 0 Å². The van der Waals surface area contributed by atoms with E-state index in [-0.39, 0.29) is 11.4 Å². The fourth-order valence-corrected chi connectivity index (χ4v) is 1.77. The fourth-order valence-electron chi connectivity index (χ4n) is 1.77. The quantitative estimate of drug-likeness (QED) is 0.915. The van der Waals surface area contributed by atoms with Gasteiger partial charge in [0.1, 0.15) is 17.3 Å². The van der Waals surface area contributed by atoms with Gasteiger partial charge in [0.25, 0.3) is 5.91 Å². The molecule has 1 amide bonds. The van der Waals surface area contributed by atoms with Gasteiger partial charge in [0.2, 0.25) is 0 Å². The van der Waals surface area contributed by atoms with Crippen LogP contribution < -0.4 is 11.1 Å². The Hall–Kier alpha value is -2.57. The highest BCUT2D eigenvalue weighted by Crippen LogP contribution is 2.21. The van der Waals surface area contributed by atoms with Gasteiger partial charge in [-0.1, -0.05) is 6.92 Å². The highest BCUT2D eigenvalue weighted by Gasteiger charge is 2.16. The van der Waals surface area contributed by atoms with Crippen LogP contribution in [-0.2, 0) is 6.42 Å². The van der Waals surface area contributed by atoms with E-state index in [1.165, 1.54) is 12.1 Å². The summed E-state index contributed by atoms with van der Waals surface area (Å²) in [6, 6.07) is 3.72. The molecule has 0 saturated carbocycles. The number of hydrogen-bond acceptors (Lipinski definition) is 3. The van der Waals surface area contributed by atoms with Crippen LogP contribution in [0.2, 0.25) is 0 Å². The van der Waals surface area contributed by atoms with Crippen LogP contribution in [0.4, 0.5) is 24.7 Å². The maximum absolute atomic E-state index is 13.5. The zero-order valence-corrected chi connectivity index (χ0v) is 11.1. The van der Waals surface area contributed by atoms with Crippen molar-refractivity contribution < 1.29 is 18.0 Å². The van der Waals surface area contributed by atoms with Crippen molar-refractivity contribution in [2.24, 2.45) is 0 Å². The number of carbonyl (C=O) groups excluding carboxylic acids is 1. The summed E-state index contributed by atoms with van der Waals surface area (Å²) in [6.45, 7) is 1.82. The van der Waals surface area contributed by atoms with Gasteiger partial charge in [-0.15, -0.1) is 0 Å². The molecule has 0 atom stereocenters. The number of rotatable bonds is 3. The molecule has 0 saturated heterocycles. The van der Waals surface area contributed by atoms with Crippen molar-refractivity contribution in [3.05, 3.63) is 53.0 Å². The van der Waals surface area contributed by atoms with Crippen LogP contribution in [0.5, 0.6) is 0 Å². The Balaban J connectivity index is 2.32. The Morgan fingerprint density at radius 2 is 1.81 bits per heavy atom. The Morgan fingerprint density at radius 3 is 2.38 bits per heavy atom. The topological polar surface area (TPSA) is 68.0 Å². The maximum Gasteiger partial charge on any atom is 0.256 e. The van der Waals surface area contributed by atoms with Crippen LogP contribution in [0.15, 0.2) is 24.3 Å². The summed E-state index contributed by atoms with van der Waals surface area (Å²) in [5, 5.41) is 2.06. The molecule has 0 unspecified atom stereocenters. The molecule has 0 aliphatic heterocycles. The molecule has 1 heterocycles. The number of nitrogens with zero attached hydrogens (tertiary/aromatic N) is 1. The van der Waals surface area contributed by atoms with Crippen molar-refractivity contribution in [2.45, 2.75) is 13.3 Å². The van der Waals surface area contributed by atoms with Crippen molar-refractivity contribution in [2.75, 3.05) is 11.1 Å². The number of carbonyl (C=O) groups is 1. The van der Waals surface area contributed by atoms with Gasteiger partial charge in [-0.3, -0.25) is 4.79 Å². The number of anilines is 2. The van der Waals surface area contributed by atoms with E-state index in [2.05, 4.69) is 10.3 Å². The minimum Gasteiger partial charge on any atom is -0.384 e. The van der Waals surface area contributed by atoms with Crippen LogP contribution in [0.3, 0.4) is 0 Å². The third-order valence-electron chi connectivity index (χ3n) is 2.77. The first-order valence-corrected chi connectivity index (χ1v) is 6.13. The summed E-state index contributed by atoms with van der Waals surface area (Å²) in [6.07, 6.45) is 0.546. The number of pyridine rings is 1. The summed E-state index contributed by atoms with van der Waals surface area (Å²) in [5.74, 6) is -4.09. The lowest BCUT2D eigenvalue weighted by Gasteiger charge is -2.09. The zero-order chi connectivity index (χ0) is 15.6. The van der Waals surface area contributed by atoms with Gasteiger partial charge in [0, 0.05) is 23.4 Å². The van der Waals surface area contributed by atoms with Crippen LogP contribution in [-0.4, -0.2) is 10.9 Å². The van der Waals surface area contributed by atoms with Crippen LogP contribution in [0.1, 0.15) is 23.0 Å². The Kier molecular flexibility index (Phi) is 4.11. The Morgan fingerprint density at radius 1 is 1.19 bits per heavy atom. The molecule has 0 aliphatic rings. The smallest absolute Gasteiger partial charge is 0.256 e. The van der Waals surface area contributed by atoms with Crippen molar-refractivity contribution >= 4 is 17.4 Å². The van der Waals surface area contributed by atoms with Crippen molar-refractivity contribution in [1.82, 2.24) is 4.98 Å². The Labute approximate surface area is 118 Å². The van der Waals surface area contributed by atoms with E-state index in [1.54, 1.807) is 0 Å². The van der Waals surface area contributed by atoms with E-state index < -0.39 is 29.0 Å². The number of nitrogen functional groups attached to an aromatic ring is 1. The fraction of sp³-hybridized carbons (Fsp3) is 0.143. The SMILES string of the molecule is CCc1cc(C(=O)Nc2c(F)cc(F)cc2F)cc(N)n1. The normalized spacial score (nSPS) is 10.5. The summed E-state index contributed by atoms with van der Waals surface area (Å²) < 4.78 is 39.8. The average molecular weight is 295 g/mol. The highest BCUT2D eigenvalue weighted by molar-refractivity contribution is 6.04. The molecule has 2 aromatic rings. The number of amides is 1. The van der Waals surface area contributed by atoms with Gasteiger partial charge in [-0.2, -0.15) is 0 Å². The average Bonchev–Trinajstić information content (AvgIpc) is 2.41. The number of halogens is 3. The first kappa shape index (κ1) is 14.8. The van der Waals surface area contributed by atoms with Crippen molar-refractivity contribution in [3.8, 4) is 0 Å². The molecule has 0 radical (unpaired) electrons. The molecule has 3 N–H and O–H groups in total. The van der Waals surface area contributed by atoms with E-state index in [9.17, 15) is 18.0 Å². The standard InChI is InChI=1S/C14H12F3N3O/c1-2-9-3-7(4-12(18)19-9)14(21)20-13-10(16)5-8(15)6-11(13)17/h3-6H,2H2,1H3,(H2,18,19)(H,20,21). The lowest BCUT2D eigenvalue weighted by Crippen LogP contribution is -2.15. The molecule has 1 aromatic carbocycles. The van der Waals surface area contributed by atoms with Crippen LogP contribution in [0.25, 0.3) is 0 Å². The first-order valence-electron chi connectivity index (χ1n) is 6.13. The molecular formula is C14H12F3N3O. The van der Waals surface area contributed by atoms with Crippen molar-refractivity contribution in [3.63, 3.8) is 0 Å². The van der Waals surface area contributed by atoms with E-state index in [0.29, 0.717) is 24.2 Å². The predicted octanol–water partition coefficient (Wildman–Crippen LogP) is 2.90. The molecule has 2 rings (SSSR count). The number of benzene rings is 1. The van der Waals surface area contributed by atoms with E-state index in [4.69, 9.17) is 5.73 Å². The molecule has 0 spiro atoms. The van der Waals surface area contributed by atoms with Crippen LogP contribution >= 0.6 is 0 Å². The summed E-state index contributed by atoms with van der Waals surface area (Å²) in [7, 11) is 0. The molecule has 0 fully saturated rings. The van der Waals surface area contributed by atoms with Gasteiger partial charge < -0.3 is 11.1 Å². The second kappa shape index (κ2) is 5.82. The number of hydrogen-bond donors (Lipinski definition) is 2. The largest absolute Gasteiger partial charge is 0.384 e. The number of nitrogens with two attached hydrogens (primary N) is 1. The summed E-state index contributed by atoms with van der Waals surface area (Å²) in [4.78, 5) is 16.0. The zero-order valence-electron chi connectivity index (χ0n) is 11.1. The first-order chi connectivity index (χ1) is 9.90. The third kappa shape index (κ3) is 3.31. The molecule has 21 heavy (non-hydrogen) atoms. The molecule has 0 aliphatic carbocycles. The van der Waals surface area contributed by atoms with Crippen LogP contribution in [0, 0.1) is 17.5 Å². The molecule has 4 nitrogen and oxygen atoms in total. The second-order valence-corrected chi connectivity index (χ2v) is 4.32. The van der Waals surface area contributed by atoms with Gasteiger partial charge >= 0.3 is 0 Å². The third-order valence-corrected chi connectivity index (χ3v) is 2.77. The summed E-state index contributed by atoms with van der Waals surface area (Å²) in [5.41, 5.74) is 5.53. The van der Waals surface area contributed by atoms with Gasteiger partial charge in [-0.25, -0.2) is 18.2 Å². The molecular weight excluding hydrogens is 283 g/mol. The van der Waals surface area contributed by atoms with E-state index >= 15 is 0 Å². The molecule has 7 heteroatoms. The molecule has 110 valence electrons. The minimum atomic E-state index is -1.20. The second-order valence-electron chi connectivity index (χ2n) is 4.32. The van der Waals surface area contributed by atoms with Gasteiger partial charge in [-0.05, 0) is 18.6 Å². The molecule has 0 bridgehead atoms. The Bertz CT molecular complexity index is 681. The lowest BCUT2D eigenvalue weighted by atomic mass is 10.1. The van der Waals surface area contributed by atoms with Gasteiger partial charge in [0.05, 0.1) is 0 Å². The summed E-state index contributed by atoms with van der Waals surface area (Å²) >= 11 is 0. The van der Waals surface area contributed by atoms with E-state index in [0.717, 1.165) is 0 Å². The highest BCUT2D eigenvalue weighted by atomic mass is 19.1. The van der Waals surface area contributed by atoms with E-state index in [1.807, 2.05) is 6.92 Å². The van der Waals surface area contributed by atoms with Gasteiger partial charge in [0.15, 0.2) is 11.6 Å². The number of aromatic nitrogens is 1. The number of nitrogens with one attached hydrogen (secondary N) is 1. The maximum atomic E-state index is 13.5. The minimum absolute atomic E-state index is 0.113. The monoisotopic (exact) mass is 295 g/mol.